The van der Waals surface area contributed by atoms with Gasteiger partial charge in [-0.25, -0.2) is 0 Å². The summed E-state index contributed by atoms with van der Waals surface area (Å²) in [5.74, 6) is -0.141. The molecular formula is C12H12N3+. The van der Waals surface area contributed by atoms with Crippen LogP contribution >= 0.6 is 0 Å². The highest BCUT2D eigenvalue weighted by Crippen LogP contribution is 2.53. The van der Waals surface area contributed by atoms with Crippen LogP contribution in [0.1, 0.15) is 18.0 Å². The van der Waals surface area contributed by atoms with Gasteiger partial charge in [-0.15, -0.1) is 0 Å². The molecule has 2 N–H and O–H groups in total. The fourth-order valence-corrected chi connectivity index (χ4v) is 1.94. The molecule has 0 amide bonds. The van der Waals surface area contributed by atoms with Crippen molar-refractivity contribution in [1.29, 1.82) is 5.26 Å². The van der Waals surface area contributed by atoms with Crippen molar-refractivity contribution < 1.29 is 0 Å². The maximum atomic E-state index is 8.85. The molecule has 1 aliphatic carbocycles. The summed E-state index contributed by atoms with van der Waals surface area (Å²) >= 11 is 0. The van der Waals surface area contributed by atoms with Crippen LogP contribution in [-0.2, 0) is 0 Å². The second-order valence-electron chi connectivity index (χ2n) is 3.89. The maximum absolute atomic E-state index is 8.85. The molecule has 0 heterocycles. The Hall–Kier alpha value is -1.84. The fraction of sp³-hybridized carbons (Fsp3) is 0.333. The average molecular weight is 198 g/mol. The zero-order valence-corrected chi connectivity index (χ0v) is 8.30. The molecule has 1 aromatic rings. The first kappa shape index (κ1) is 9.71. The second-order valence-corrected chi connectivity index (χ2v) is 3.89. The number of benzene rings is 1. The summed E-state index contributed by atoms with van der Waals surface area (Å²) in [5, 5.41) is 8.85. The lowest BCUT2D eigenvalue weighted by Gasteiger charge is -2.10. The first-order valence-corrected chi connectivity index (χ1v) is 4.87. The molecule has 0 saturated heterocycles. The third kappa shape index (κ3) is 1.38. The lowest BCUT2D eigenvalue weighted by molar-refractivity contribution is 0.587. The van der Waals surface area contributed by atoms with Crippen molar-refractivity contribution in [1.82, 2.24) is 0 Å². The van der Waals surface area contributed by atoms with Crippen molar-refractivity contribution in [2.45, 2.75) is 18.0 Å². The van der Waals surface area contributed by atoms with Gasteiger partial charge in [0, 0.05) is 0 Å². The van der Waals surface area contributed by atoms with Crippen LogP contribution in [0.25, 0.3) is 4.85 Å². The largest absolute Gasteiger partial charge is 0.317 e. The first-order valence-electron chi connectivity index (χ1n) is 4.87. The molecule has 0 spiro atoms. The third-order valence-electron chi connectivity index (χ3n) is 3.07. The number of hydrogen-bond donors (Lipinski definition) is 1. The highest BCUT2D eigenvalue weighted by atomic mass is 15.0. The summed E-state index contributed by atoms with van der Waals surface area (Å²) in [6.07, 6.45) is 0.663. The van der Waals surface area contributed by atoms with E-state index in [0.717, 1.165) is 5.56 Å². The molecule has 0 unspecified atom stereocenters. The van der Waals surface area contributed by atoms with Crippen molar-refractivity contribution >= 4 is 0 Å². The summed E-state index contributed by atoms with van der Waals surface area (Å²) < 4.78 is 0. The van der Waals surface area contributed by atoms with E-state index in [1.165, 1.54) is 0 Å². The van der Waals surface area contributed by atoms with Crippen LogP contribution in [0.3, 0.4) is 0 Å². The van der Waals surface area contributed by atoms with E-state index in [4.69, 9.17) is 17.6 Å². The van der Waals surface area contributed by atoms with Gasteiger partial charge in [-0.2, -0.15) is 5.26 Å². The van der Waals surface area contributed by atoms with Crippen molar-refractivity contribution in [3.63, 3.8) is 0 Å². The lowest BCUT2D eigenvalue weighted by atomic mass is 9.97. The third-order valence-corrected chi connectivity index (χ3v) is 3.07. The number of nitriles is 1. The van der Waals surface area contributed by atoms with Gasteiger partial charge in [-0.1, -0.05) is 35.2 Å². The molecule has 1 aromatic carbocycles. The van der Waals surface area contributed by atoms with Gasteiger partial charge in [0.25, 0.3) is 6.57 Å². The Morgan fingerprint density at radius 3 is 2.67 bits per heavy atom. The maximum Gasteiger partial charge on any atom is 0.316 e. The number of nitrogens with two attached hydrogens (primary N) is 1. The van der Waals surface area contributed by atoms with Gasteiger partial charge in [0.15, 0.2) is 0 Å². The van der Waals surface area contributed by atoms with E-state index in [-0.39, 0.29) is 12.0 Å². The zero-order chi connectivity index (χ0) is 10.9. The highest BCUT2D eigenvalue weighted by Gasteiger charge is 2.70. The monoisotopic (exact) mass is 198 g/mol. The van der Waals surface area contributed by atoms with Crippen molar-refractivity contribution in [2.75, 3.05) is 0 Å². The molecule has 0 aromatic heterocycles. The molecule has 0 radical (unpaired) electrons. The van der Waals surface area contributed by atoms with Gasteiger partial charge in [0.05, 0.1) is 12.5 Å². The lowest BCUT2D eigenvalue weighted by Crippen LogP contribution is -2.27. The Morgan fingerprint density at radius 1 is 1.53 bits per heavy atom. The molecule has 1 fully saturated rings. The Kier molecular flexibility index (Phi) is 2.19. The minimum Gasteiger partial charge on any atom is -0.317 e. The molecule has 15 heavy (non-hydrogen) atoms. The Morgan fingerprint density at radius 2 is 2.20 bits per heavy atom. The van der Waals surface area contributed by atoms with Gasteiger partial charge in [0.1, 0.15) is 12.0 Å². The van der Waals surface area contributed by atoms with Crippen LogP contribution in [0.15, 0.2) is 30.3 Å². The van der Waals surface area contributed by atoms with E-state index < -0.39 is 5.54 Å². The molecule has 2 rings (SSSR count). The first-order chi connectivity index (χ1) is 7.24. The van der Waals surface area contributed by atoms with Crippen LogP contribution in [-0.4, -0.2) is 5.54 Å². The van der Waals surface area contributed by atoms with E-state index in [0.29, 0.717) is 6.42 Å². The highest BCUT2D eigenvalue weighted by molar-refractivity contribution is 5.36. The molecule has 3 heteroatoms. The van der Waals surface area contributed by atoms with Gasteiger partial charge in [-0.05, 0) is 5.56 Å². The molecule has 3 nitrogen and oxygen atoms in total. The number of hydrogen-bond acceptors (Lipinski definition) is 2. The second kappa shape index (κ2) is 3.38. The number of nitrogens with zero attached hydrogens (tertiary/aromatic N) is 2. The van der Waals surface area contributed by atoms with Gasteiger partial charge < -0.3 is 5.73 Å². The van der Waals surface area contributed by atoms with Crippen molar-refractivity contribution in [3.8, 4) is 12.6 Å². The molecule has 1 saturated carbocycles. The van der Waals surface area contributed by atoms with E-state index in [9.17, 15) is 0 Å². The normalized spacial score (nSPS) is 29.9. The number of rotatable bonds is 2. The summed E-state index contributed by atoms with van der Waals surface area (Å²) in [6.45, 7) is 5.37. The molecule has 1 aliphatic rings. The Balaban J connectivity index is 2.28. The summed E-state index contributed by atoms with van der Waals surface area (Å²) in [6, 6.07) is 11.5. The van der Waals surface area contributed by atoms with Crippen molar-refractivity contribution in [2.24, 2.45) is 11.7 Å². The molecular weight excluding hydrogens is 186 g/mol. The smallest absolute Gasteiger partial charge is 0.316 e. The predicted octanol–water partition coefficient (Wildman–Crippen LogP) is 1.93. The molecule has 0 aliphatic heterocycles. The van der Waals surface area contributed by atoms with Gasteiger partial charge in [-0.3, -0.25) is 0 Å². The van der Waals surface area contributed by atoms with E-state index in [1.54, 1.807) is 0 Å². The Labute approximate surface area is 89.0 Å². The van der Waals surface area contributed by atoms with E-state index in [1.807, 2.05) is 30.3 Å². The summed E-state index contributed by atoms with van der Waals surface area (Å²) in [4.78, 5) is 3.81. The zero-order valence-electron chi connectivity index (χ0n) is 8.30. The van der Waals surface area contributed by atoms with Gasteiger partial charge in [0.2, 0.25) is 0 Å². The topological polar surface area (TPSA) is 54.2 Å². The van der Waals surface area contributed by atoms with E-state index in [2.05, 4.69) is 10.9 Å². The van der Waals surface area contributed by atoms with Crippen LogP contribution in [0.5, 0.6) is 0 Å². The van der Waals surface area contributed by atoms with Crippen LogP contribution in [0.4, 0.5) is 0 Å². The Bertz CT molecular complexity index is 440. The quantitative estimate of drug-likeness (QED) is 0.789. The SMILES string of the molecule is C#[N+][C@@]1([C@H](N)c2ccccc2)C[C@H]1C#N. The standard InChI is InChI=1S/C12H12N3/c1-15-12(7-10(12)8-13)11(14)9-5-3-2-4-6-9/h1-6,10-11H,7,14H2/q+1/t10-,11+,12-/m0/s1. The van der Waals surface area contributed by atoms with Gasteiger partial charge >= 0.3 is 5.54 Å². The fourth-order valence-electron chi connectivity index (χ4n) is 1.94. The van der Waals surface area contributed by atoms with Crippen molar-refractivity contribution in [3.05, 3.63) is 40.7 Å². The molecule has 74 valence electrons. The molecule has 3 atom stereocenters. The molecule has 0 bridgehead atoms. The minimum atomic E-state index is -0.559. The van der Waals surface area contributed by atoms with E-state index >= 15 is 0 Å². The predicted molar refractivity (Wildman–Crippen MR) is 58.1 cm³/mol. The summed E-state index contributed by atoms with van der Waals surface area (Å²) in [7, 11) is 0. The minimum absolute atomic E-state index is 0.141. The summed E-state index contributed by atoms with van der Waals surface area (Å²) in [5.41, 5.74) is 6.50. The van der Waals surface area contributed by atoms with Crippen LogP contribution in [0, 0.1) is 23.8 Å². The average Bonchev–Trinajstić information content (AvgIpc) is 3.04. The van der Waals surface area contributed by atoms with Crippen LogP contribution < -0.4 is 5.73 Å². The van der Waals surface area contributed by atoms with Crippen LogP contribution in [0.2, 0.25) is 0 Å².